The molecule has 0 unspecified atom stereocenters. The molecule has 4 nitrogen and oxygen atoms in total. The summed E-state index contributed by atoms with van der Waals surface area (Å²) in [5.41, 5.74) is 3.25. The molecule has 0 radical (unpaired) electrons. The van der Waals surface area contributed by atoms with Crippen molar-refractivity contribution in [2.75, 3.05) is 19.6 Å². The van der Waals surface area contributed by atoms with E-state index in [1.807, 2.05) is 48.5 Å². The second-order valence-corrected chi connectivity index (χ2v) is 8.56. The number of benzene rings is 3. The van der Waals surface area contributed by atoms with E-state index in [-0.39, 0.29) is 11.8 Å². The molecule has 1 N–H and O–H groups in total. The molecule has 2 aliphatic heterocycles. The second kappa shape index (κ2) is 8.94. The zero-order valence-electron chi connectivity index (χ0n) is 17.7. The van der Waals surface area contributed by atoms with Gasteiger partial charge in [0.2, 0.25) is 5.91 Å². The average Bonchev–Trinajstić information content (AvgIpc) is 2.82. The van der Waals surface area contributed by atoms with Crippen molar-refractivity contribution in [3.63, 3.8) is 0 Å². The van der Waals surface area contributed by atoms with Gasteiger partial charge in [0.15, 0.2) is 0 Å². The maximum atomic E-state index is 13.3. The Morgan fingerprint density at radius 3 is 2.06 bits per heavy atom. The molecule has 2 heterocycles. The van der Waals surface area contributed by atoms with Crippen molar-refractivity contribution in [3.8, 4) is 11.5 Å². The third kappa shape index (κ3) is 4.35. The molecular weight excluding hydrogens is 384 g/mol. The molecule has 0 spiro atoms. The number of nitrogens with zero attached hydrogens (tertiary/aromatic N) is 1. The summed E-state index contributed by atoms with van der Waals surface area (Å²) in [6.07, 6.45) is 2.24. The minimum atomic E-state index is -0.320. The molecule has 1 fully saturated rings. The van der Waals surface area contributed by atoms with Gasteiger partial charge in [-0.05, 0) is 49.5 Å². The molecule has 2 aliphatic rings. The number of hydrogen-bond acceptors (Lipinski definition) is 3. The molecule has 158 valence electrons. The van der Waals surface area contributed by atoms with E-state index in [1.54, 1.807) is 0 Å². The van der Waals surface area contributed by atoms with E-state index in [0.717, 1.165) is 61.6 Å². The van der Waals surface area contributed by atoms with Crippen LogP contribution in [0, 0.1) is 5.92 Å². The van der Waals surface area contributed by atoms with Crippen LogP contribution in [0.5, 0.6) is 11.5 Å². The summed E-state index contributed by atoms with van der Waals surface area (Å²) in [5.74, 6) is 1.82. The Balaban J connectivity index is 1.20. The maximum absolute atomic E-state index is 13.3. The molecule has 0 aliphatic carbocycles. The summed E-state index contributed by atoms with van der Waals surface area (Å²) >= 11 is 0. The Labute approximate surface area is 183 Å². The van der Waals surface area contributed by atoms with Gasteiger partial charge in [-0.15, -0.1) is 0 Å². The van der Waals surface area contributed by atoms with Crippen molar-refractivity contribution in [2.24, 2.45) is 5.92 Å². The lowest BCUT2D eigenvalue weighted by atomic mass is 9.87. The number of likely N-dealkylation sites (tertiary alicyclic amines) is 1. The molecule has 3 aromatic carbocycles. The summed E-state index contributed by atoms with van der Waals surface area (Å²) in [7, 11) is 0. The van der Waals surface area contributed by atoms with E-state index in [1.165, 1.54) is 5.56 Å². The highest BCUT2D eigenvalue weighted by Crippen LogP contribution is 2.43. The van der Waals surface area contributed by atoms with Gasteiger partial charge in [0.05, 0.1) is 5.92 Å². The van der Waals surface area contributed by atoms with Crippen LogP contribution in [0.3, 0.4) is 0 Å². The quantitative estimate of drug-likeness (QED) is 0.645. The van der Waals surface area contributed by atoms with Crippen LogP contribution in [0.1, 0.15) is 35.4 Å². The number of ether oxygens (including phenoxy) is 1. The first-order valence-electron chi connectivity index (χ1n) is 11.2. The molecule has 0 saturated carbocycles. The van der Waals surface area contributed by atoms with E-state index in [0.29, 0.717) is 5.92 Å². The van der Waals surface area contributed by atoms with Crippen LogP contribution in [0.15, 0.2) is 78.9 Å². The number of hydrogen-bond donors (Lipinski definition) is 1. The molecule has 4 heteroatoms. The van der Waals surface area contributed by atoms with Crippen LogP contribution in [-0.4, -0.2) is 30.4 Å². The predicted octanol–water partition coefficient (Wildman–Crippen LogP) is 4.95. The van der Waals surface area contributed by atoms with E-state index < -0.39 is 0 Å². The number of rotatable bonds is 5. The lowest BCUT2D eigenvalue weighted by Gasteiger charge is -2.33. The van der Waals surface area contributed by atoms with Crippen molar-refractivity contribution in [1.29, 1.82) is 0 Å². The lowest BCUT2D eigenvalue weighted by Crippen LogP contribution is -2.40. The van der Waals surface area contributed by atoms with Crippen molar-refractivity contribution < 1.29 is 9.53 Å². The van der Waals surface area contributed by atoms with Crippen LogP contribution in [-0.2, 0) is 11.3 Å². The normalized spacial score (nSPS) is 16.8. The zero-order chi connectivity index (χ0) is 21.0. The Kier molecular flexibility index (Phi) is 5.72. The first-order chi connectivity index (χ1) is 15.3. The SMILES string of the molecule is O=C(NCC1CCN(Cc2ccccc2)CC1)C1c2ccccc2Oc2ccccc21. The number of piperidine rings is 1. The van der Waals surface area contributed by atoms with Crippen LogP contribution in [0.4, 0.5) is 0 Å². The van der Waals surface area contributed by atoms with Gasteiger partial charge in [0.25, 0.3) is 0 Å². The van der Waals surface area contributed by atoms with E-state index in [4.69, 9.17) is 4.74 Å². The minimum Gasteiger partial charge on any atom is -0.457 e. The summed E-state index contributed by atoms with van der Waals surface area (Å²) in [6.45, 7) is 3.91. The predicted molar refractivity (Wildman–Crippen MR) is 122 cm³/mol. The summed E-state index contributed by atoms with van der Waals surface area (Å²) < 4.78 is 6.03. The number of amides is 1. The largest absolute Gasteiger partial charge is 0.457 e. The van der Waals surface area contributed by atoms with Crippen molar-refractivity contribution in [2.45, 2.75) is 25.3 Å². The second-order valence-electron chi connectivity index (χ2n) is 8.56. The Morgan fingerprint density at radius 1 is 0.839 bits per heavy atom. The zero-order valence-corrected chi connectivity index (χ0v) is 17.7. The van der Waals surface area contributed by atoms with Gasteiger partial charge in [-0.1, -0.05) is 66.7 Å². The Morgan fingerprint density at radius 2 is 1.42 bits per heavy atom. The van der Waals surface area contributed by atoms with Crippen LogP contribution in [0.2, 0.25) is 0 Å². The van der Waals surface area contributed by atoms with Crippen molar-refractivity contribution >= 4 is 5.91 Å². The standard InChI is InChI=1S/C27H28N2O2/c30-27(26-22-10-4-6-12-24(22)31-25-13-7-5-11-23(25)26)28-18-20-14-16-29(17-15-20)19-21-8-2-1-3-9-21/h1-13,20,26H,14-19H2,(H,28,30). The van der Waals surface area contributed by atoms with Crippen molar-refractivity contribution in [3.05, 3.63) is 95.6 Å². The molecule has 5 rings (SSSR count). The highest BCUT2D eigenvalue weighted by atomic mass is 16.5. The van der Waals surface area contributed by atoms with Gasteiger partial charge in [0, 0.05) is 24.2 Å². The van der Waals surface area contributed by atoms with Gasteiger partial charge < -0.3 is 10.1 Å². The molecule has 0 aromatic heterocycles. The topological polar surface area (TPSA) is 41.6 Å². The maximum Gasteiger partial charge on any atom is 0.232 e. The third-order valence-corrected chi connectivity index (χ3v) is 6.46. The van der Waals surface area contributed by atoms with Gasteiger partial charge in [0.1, 0.15) is 11.5 Å². The highest BCUT2D eigenvalue weighted by molar-refractivity contribution is 5.89. The van der Waals surface area contributed by atoms with Gasteiger partial charge in [-0.3, -0.25) is 9.69 Å². The monoisotopic (exact) mass is 412 g/mol. The van der Waals surface area contributed by atoms with Gasteiger partial charge >= 0.3 is 0 Å². The third-order valence-electron chi connectivity index (χ3n) is 6.46. The molecule has 0 atom stereocenters. The highest BCUT2D eigenvalue weighted by Gasteiger charge is 2.32. The Bertz CT molecular complexity index is 996. The van der Waals surface area contributed by atoms with E-state index in [9.17, 15) is 4.79 Å². The fraction of sp³-hybridized carbons (Fsp3) is 0.296. The lowest BCUT2D eigenvalue weighted by molar-refractivity contribution is -0.122. The average molecular weight is 413 g/mol. The van der Waals surface area contributed by atoms with Gasteiger partial charge in [-0.25, -0.2) is 0 Å². The molecule has 1 saturated heterocycles. The number of nitrogens with one attached hydrogen (secondary N) is 1. The smallest absolute Gasteiger partial charge is 0.232 e. The summed E-state index contributed by atoms with van der Waals surface area (Å²) in [5, 5.41) is 3.26. The number of carbonyl (C=O) groups is 1. The Hall–Kier alpha value is -3.11. The summed E-state index contributed by atoms with van der Waals surface area (Å²) in [6, 6.07) is 26.4. The minimum absolute atomic E-state index is 0.0647. The molecule has 1 amide bonds. The fourth-order valence-corrected chi connectivity index (χ4v) is 4.73. The first kappa shape index (κ1) is 19.8. The van der Waals surface area contributed by atoms with E-state index in [2.05, 4.69) is 40.5 Å². The number of fused-ring (bicyclic) bond motifs is 2. The van der Waals surface area contributed by atoms with Gasteiger partial charge in [-0.2, -0.15) is 0 Å². The molecular formula is C27H28N2O2. The van der Waals surface area contributed by atoms with E-state index >= 15 is 0 Å². The summed E-state index contributed by atoms with van der Waals surface area (Å²) in [4.78, 5) is 15.8. The van der Waals surface area contributed by atoms with Crippen molar-refractivity contribution in [1.82, 2.24) is 10.2 Å². The molecule has 31 heavy (non-hydrogen) atoms. The van der Waals surface area contributed by atoms with Crippen LogP contribution in [0.25, 0.3) is 0 Å². The fourth-order valence-electron chi connectivity index (χ4n) is 4.73. The first-order valence-corrected chi connectivity index (χ1v) is 11.2. The number of carbonyl (C=O) groups excluding carboxylic acids is 1. The van der Waals surface area contributed by atoms with Crippen LogP contribution < -0.4 is 10.1 Å². The molecule has 0 bridgehead atoms. The number of para-hydroxylation sites is 2. The molecule has 3 aromatic rings. The van der Waals surface area contributed by atoms with Crippen LogP contribution >= 0.6 is 0 Å².